The zero-order valence-corrected chi connectivity index (χ0v) is 12.1. The SMILES string of the molecule is CCc1ccc(Nc2nc3ccc(Cl)cc3s2)cc1. The van der Waals surface area contributed by atoms with Crippen LogP contribution >= 0.6 is 22.9 Å². The summed E-state index contributed by atoms with van der Waals surface area (Å²) in [5.41, 5.74) is 3.37. The highest BCUT2D eigenvalue weighted by Gasteiger charge is 2.04. The van der Waals surface area contributed by atoms with E-state index in [-0.39, 0.29) is 0 Å². The Balaban J connectivity index is 1.87. The van der Waals surface area contributed by atoms with Crippen molar-refractivity contribution in [2.24, 2.45) is 0 Å². The minimum atomic E-state index is 0.745. The Morgan fingerprint density at radius 2 is 1.95 bits per heavy atom. The normalized spacial score (nSPS) is 10.8. The van der Waals surface area contributed by atoms with Crippen molar-refractivity contribution in [3.63, 3.8) is 0 Å². The molecule has 0 aliphatic rings. The standard InChI is InChI=1S/C15H13ClN2S/c1-2-10-3-6-12(7-4-10)17-15-18-13-8-5-11(16)9-14(13)19-15/h3-9H,2H2,1H3,(H,17,18). The molecule has 4 heteroatoms. The molecule has 0 aliphatic carbocycles. The van der Waals surface area contributed by atoms with Crippen LogP contribution in [0.1, 0.15) is 12.5 Å². The Morgan fingerprint density at radius 3 is 2.68 bits per heavy atom. The molecule has 0 saturated heterocycles. The number of nitrogens with zero attached hydrogens (tertiary/aromatic N) is 1. The maximum atomic E-state index is 5.98. The third-order valence-electron chi connectivity index (χ3n) is 2.96. The van der Waals surface area contributed by atoms with Gasteiger partial charge in [-0.15, -0.1) is 0 Å². The summed E-state index contributed by atoms with van der Waals surface area (Å²) in [5, 5.41) is 4.96. The number of aryl methyl sites for hydroxylation is 1. The highest BCUT2D eigenvalue weighted by atomic mass is 35.5. The average molecular weight is 289 g/mol. The van der Waals surface area contributed by atoms with Crippen LogP contribution in [0.15, 0.2) is 42.5 Å². The number of nitrogens with one attached hydrogen (secondary N) is 1. The Bertz CT molecular complexity index is 704. The molecule has 0 spiro atoms. The van der Waals surface area contributed by atoms with Gasteiger partial charge in [-0.3, -0.25) is 0 Å². The molecule has 0 bridgehead atoms. The third kappa shape index (κ3) is 2.72. The van der Waals surface area contributed by atoms with Crippen molar-refractivity contribution in [2.45, 2.75) is 13.3 Å². The predicted molar refractivity (Wildman–Crippen MR) is 83.7 cm³/mol. The Labute approximate surface area is 121 Å². The van der Waals surface area contributed by atoms with Gasteiger partial charge in [0.2, 0.25) is 0 Å². The van der Waals surface area contributed by atoms with Gasteiger partial charge in [-0.05, 0) is 42.3 Å². The summed E-state index contributed by atoms with van der Waals surface area (Å²) in [6.45, 7) is 2.15. The third-order valence-corrected chi connectivity index (χ3v) is 4.13. The second kappa shape index (κ2) is 5.19. The van der Waals surface area contributed by atoms with E-state index >= 15 is 0 Å². The Morgan fingerprint density at radius 1 is 1.16 bits per heavy atom. The highest BCUT2D eigenvalue weighted by molar-refractivity contribution is 7.22. The second-order valence-electron chi connectivity index (χ2n) is 4.31. The van der Waals surface area contributed by atoms with Gasteiger partial charge in [0.1, 0.15) is 0 Å². The molecule has 96 valence electrons. The van der Waals surface area contributed by atoms with Crippen LogP contribution < -0.4 is 5.32 Å². The zero-order valence-electron chi connectivity index (χ0n) is 10.5. The Hall–Kier alpha value is -1.58. The van der Waals surface area contributed by atoms with Crippen molar-refractivity contribution in [2.75, 3.05) is 5.32 Å². The first-order valence-electron chi connectivity index (χ1n) is 6.16. The van der Waals surface area contributed by atoms with E-state index in [0.29, 0.717) is 0 Å². The van der Waals surface area contributed by atoms with Crippen molar-refractivity contribution in [1.82, 2.24) is 4.98 Å². The fraction of sp³-hybridized carbons (Fsp3) is 0.133. The van der Waals surface area contributed by atoms with Crippen molar-refractivity contribution in [3.8, 4) is 0 Å². The van der Waals surface area contributed by atoms with Crippen molar-refractivity contribution in [3.05, 3.63) is 53.1 Å². The summed E-state index contributed by atoms with van der Waals surface area (Å²) in [7, 11) is 0. The van der Waals surface area contributed by atoms with Gasteiger partial charge in [0.15, 0.2) is 5.13 Å². The molecule has 19 heavy (non-hydrogen) atoms. The monoisotopic (exact) mass is 288 g/mol. The van der Waals surface area contributed by atoms with Gasteiger partial charge in [0.05, 0.1) is 10.2 Å². The van der Waals surface area contributed by atoms with E-state index in [0.717, 1.165) is 32.5 Å². The summed E-state index contributed by atoms with van der Waals surface area (Å²) in [5.74, 6) is 0. The van der Waals surface area contributed by atoms with E-state index < -0.39 is 0 Å². The van der Waals surface area contributed by atoms with Crippen LogP contribution in [0.5, 0.6) is 0 Å². The van der Waals surface area contributed by atoms with Crippen LogP contribution in [0.3, 0.4) is 0 Å². The minimum absolute atomic E-state index is 0.745. The molecule has 0 atom stereocenters. The number of hydrogen-bond donors (Lipinski definition) is 1. The molecule has 3 aromatic rings. The number of rotatable bonds is 3. The van der Waals surface area contributed by atoms with Crippen molar-refractivity contribution in [1.29, 1.82) is 0 Å². The number of thiazole rings is 1. The van der Waals surface area contributed by atoms with E-state index in [1.54, 1.807) is 11.3 Å². The fourth-order valence-electron chi connectivity index (χ4n) is 1.90. The van der Waals surface area contributed by atoms with Gasteiger partial charge in [0.25, 0.3) is 0 Å². The molecule has 2 aromatic carbocycles. The van der Waals surface area contributed by atoms with Gasteiger partial charge in [0, 0.05) is 10.7 Å². The molecule has 1 aromatic heterocycles. The zero-order chi connectivity index (χ0) is 13.2. The van der Waals surface area contributed by atoms with Gasteiger partial charge < -0.3 is 5.32 Å². The first kappa shape index (κ1) is 12.5. The molecular formula is C15H13ClN2S. The summed E-state index contributed by atoms with van der Waals surface area (Å²) in [6.07, 6.45) is 1.06. The van der Waals surface area contributed by atoms with Crippen LogP contribution in [0.2, 0.25) is 5.02 Å². The van der Waals surface area contributed by atoms with E-state index in [1.807, 2.05) is 18.2 Å². The number of benzene rings is 2. The van der Waals surface area contributed by atoms with Gasteiger partial charge in [-0.1, -0.05) is 42.0 Å². The largest absolute Gasteiger partial charge is 0.332 e. The molecule has 2 nitrogen and oxygen atoms in total. The summed E-state index contributed by atoms with van der Waals surface area (Å²) in [6, 6.07) is 14.2. The molecule has 0 aliphatic heterocycles. The van der Waals surface area contributed by atoms with Gasteiger partial charge in [-0.2, -0.15) is 0 Å². The number of hydrogen-bond acceptors (Lipinski definition) is 3. The summed E-state index contributed by atoms with van der Waals surface area (Å²) >= 11 is 7.59. The number of fused-ring (bicyclic) bond motifs is 1. The van der Waals surface area contributed by atoms with Gasteiger partial charge >= 0.3 is 0 Å². The van der Waals surface area contributed by atoms with E-state index in [9.17, 15) is 0 Å². The second-order valence-corrected chi connectivity index (χ2v) is 5.77. The lowest BCUT2D eigenvalue weighted by Gasteiger charge is -2.03. The molecule has 0 fully saturated rings. The lowest BCUT2D eigenvalue weighted by atomic mass is 10.1. The first-order valence-corrected chi connectivity index (χ1v) is 7.36. The maximum absolute atomic E-state index is 5.98. The predicted octanol–water partition coefficient (Wildman–Crippen LogP) is 5.26. The van der Waals surface area contributed by atoms with Crippen LogP contribution in [0, 0.1) is 0 Å². The molecular weight excluding hydrogens is 276 g/mol. The quantitative estimate of drug-likeness (QED) is 0.711. The van der Waals surface area contributed by atoms with Crippen LogP contribution in [-0.4, -0.2) is 4.98 Å². The lowest BCUT2D eigenvalue weighted by molar-refractivity contribution is 1.14. The molecule has 0 unspecified atom stereocenters. The van der Waals surface area contributed by atoms with Crippen LogP contribution in [0.25, 0.3) is 10.2 Å². The molecule has 0 radical (unpaired) electrons. The Kier molecular flexibility index (Phi) is 3.40. The molecule has 0 amide bonds. The first-order chi connectivity index (χ1) is 9.24. The van der Waals surface area contributed by atoms with Crippen LogP contribution in [0.4, 0.5) is 10.8 Å². The van der Waals surface area contributed by atoms with Crippen molar-refractivity contribution < 1.29 is 0 Å². The average Bonchev–Trinajstić information content (AvgIpc) is 2.81. The molecule has 3 rings (SSSR count). The topological polar surface area (TPSA) is 24.9 Å². The number of halogens is 1. The smallest absolute Gasteiger partial charge is 0.188 e. The molecule has 0 saturated carbocycles. The highest BCUT2D eigenvalue weighted by Crippen LogP contribution is 2.30. The summed E-state index contributed by atoms with van der Waals surface area (Å²) in [4.78, 5) is 4.54. The maximum Gasteiger partial charge on any atom is 0.188 e. The van der Waals surface area contributed by atoms with Gasteiger partial charge in [-0.25, -0.2) is 4.98 Å². The fourth-order valence-corrected chi connectivity index (χ4v) is 3.06. The molecule has 1 heterocycles. The number of anilines is 2. The van der Waals surface area contributed by atoms with E-state index in [4.69, 9.17) is 11.6 Å². The van der Waals surface area contributed by atoms with Crippen molar-refractivity contribution >= 4 is 44.0 Å². The van der Waals surface area contributed by atoms with Crippen LogP contribution in [-0.2, 0) is 6.42 Å². The minimum Gasteiger partial charge on any atom is -0.332 e. The summed E-state index contributed by atoms with van der Waals surface area (Å²) < 4.78 is 1.10. The lowest BCUT2D eigenvalue weighted by Crippen LogP contribution is -1.89. The van der Waals surface area contributed by atoms with E-state index in [1.165, 1.54) is 5.56 Å². The van der Waals surface area contributed by atoms with E-state index in [2.05, 4.69) is 41.5 Å². The number of aromatic nitrogens is 1. The molecule has 1 N–H and O–H groups in total.